The Balaban J connectivity index is 2.24. The van der Waals surface area contributed by atoms with Gasteiger partial charge in [0.15, 0.2) is 0 Å². The number of benzene rings is 1. The molecule has 2 nitrogen and oxygen atoms in total. The molecule has 0 aromatic heterocycles. The molecule has 3 heteroatoms. The Kier molecular flexibility index (Phi) is 2.19. The first kappa shape index (κ1) is 9.46. The molecule has 1 aromatic rings. The summed E-state index contributed by atoms with van der Waals surface area (Å²) < 4.78 is 19.1. The molecule has 0 amide bonds. The third-order valence-corrected chi connectivity index (χ3v) is 2.76. The first-order valence-electron chi connectivity index (χ1n) is 4.73. The van der Waals surface area contributed by atoms with E-state index in [4.69, 9.17) is 10.5 Å². The lowest BCUT2D eigenvalue weighted by Crippen LogP contribution is -2.46. The van der Waals surface area contributed by atoms with E-state index in [0.29, 0.717) is 24.2 Å². The summed E-state index contributed by atoms with van der Waals surface area (Å²) >= 11 is 0. The summed E-state index contributed by atoms with van der Waals surface area (Å²) in [5, 5.41) is 0. The van der Waals surface area contributed by atoms with Crippen LogP contribution < -0.4 is 10.5 Å². The molecule has 0 aliphatic heterocycles. The van der Waals surface area contributed by atoms with Gasteiger partial charge in [0, 0.05) is 18.9 Å². The maximum atomic E-state index is 14.1. The molecule has 1 aliphatic rings. The number of methoxy groups -OCH3 is 1. The molecular weight excluding hydrogens is 181 g/mol. The fourth-order valence-corrected chi connectivity index (χ4v) is 1.91. The van der Waals surface area contributed by atoms with Gasteiger partial charge in [0.05, 0.1) is 7.11 Å². The van der Waals surface area contributed by atoms with Crippen LogP contribution in [0.2, 0.25) is 0 Å². The van der Waals surface area contributed by atoms with Crippen molar-refractivity contribution in [2.24, 2.45) is 5.73 Å². The third kappa shape index (κ3) is 1.48. The summed E-state index contributed by atoms with van der Waals surface area (Å²) in [5.74, 6) is 0.694. The highest BCUT2D eigenvalue weighted by Crippen LogP contribution is 2.44. The molecule has 14 heavy (non-hydrogen) atoms. The molecule has 1 aromatic carbocycles. The predicted molar refractivity (Wildman–Crippen MR) is 53.0 cm³/mol. The first-order valence-corrected chi connectivity index (χ1v) is 4.73. The fourth-order valence-electron chi connectivity index (χ4n) is 1.91. The molecule has 1 saturated carbocycles. The van der Waals surface area contributed by atoms with E-state index < -0.39 is 5.67 Å². The molecule has 76 valence electrons. The zero-order chi connectivity index (χ0) is 10.2. The third-order valence-electron chi connectivity index (χ3n) is 2.76. The Hall–Kier alpha value is -1.09. The number of rotatable bonds is 2. The highest BCUT2D eigenvalue weighted by atomic mass is 19.1. The van der Waals surface area contributed by atoms with E-state index in [-0.39, 0.29) is 6.04 Å². The zero-order valence-electron chi connectivity index (χ0n) is 8.16. The number of hydrogen-bond acceptors (Lipinski definition) is 2. The number of alkyl halides is 1. The molecule has 0 bridgehead atoms. The van der Waals surface area contributed by atoms with Gasteiger partial charge in [-0.2, -0.15) is 0 Å². The SMILES string of the molecule is COc1cccc(C2(F)CC(N)C2)c1. The van der Waals surface area contributed by atoms with E-state index in [1.807, 2.05) is 6.07 Å². The smallest absolute Gasteiger partial charge is 0.139 e. The molecule has 0 saturated heterocycles. The standard InChI is InChI=1S/C11H14FNO/c1-14-10-4-2-3-8(5-10)11(12)6-9(13)7-11/h2-5,9H,6-7,13H2,1H3. The lowest BCUT2D eigenvalue weighted by Gasteiger charge is -2.39. The molecule has 0 spiro atoms. The van der Waals surface area contributed by atoms with Gasteiger partial charge in [-0.05, 0) is 17.7 Å². The van der Waals surface area contributed by atoms with Crippen molar-refractivity contribution in [1.29, 1.82) is 0 Å². The highest BCUT2D eigenvalue weighted by molar-refractivity contribution is 5.34. The zero-order valence-corrected chi connectivity index (χ0v) is 8.16. The second kappa shape index (κ2) is 3.24. The molecule has 1 aliphatic carbocycles. The Morgan fingerprint density at radius 2 is 2.21 bits per heavy atom. The average Bonchev–Trinajstić information content (AvgIpc) is 2.16. The summed E-state index contributed by atoms with van der Waals surface area (Å²) in [6.07, 6.45) is 0.834. The van der Waals surface area contributed by atoms with Crippen molar-refractivity contribution in [3.8, 4) is 5.75 Å². The Morgan fingerprint density at radius 3 is 2.79 bits per heavy atom. The van der Waals surface area contributed by atoms with Crippen LogP contribution in [0.1, 0.15) is 18.4 Å². The molecule has 0 heterocycles. The number of halogens is 1. The van der Waals surface area contributed by atoms with Crippen molar-refractivity contribution in [2.75, 3.05) is 7.11 Å². The molecule has 2 N–H and O–H groups in total. The van der Waals surface area contributed by atoms with Crippen molar-refractivity contribution in [3.63, 3.8) is 0 Å². The number of nitrogens with two attached hydrogens (primary N) is 1. The van der Waals surface area contributed by atoms with Gasteiger partial charge in [0.25, 0.3) is 0 Å². The Bertz CT molecular complexity index is 334. The average molecular weight is 195 g/mol. The van der Waals surface area contributed by atoms with Crippen LogP contribution in [0.3, 0.4) is 0 Å². The maximum Gasteiger partial charge on any atom is 0.139 e. The molecule has 0 radical (unpaired) electrons. The summed E-state index contributed by atoms with van der Waals surface area (Å²) in [5.41, 5.74) is 5.04. The molecule has 0 atom stereocenters. The van der Waals surface area contributed by atoms with E-state index in [1.54, 1.807) is 25.3 Å². The minimum atomic E-state index is -1.23. The largest absolute Gasteiger partial charge is 0.497 e. The lowest BCUT2D eigenvalue weighted by atomic mass is 9.73. The van der Waals surface area contributed by atoms with Crippen LogP contribution in [0.15, 0.2) is 24.3 Å². The van der Waals surface area contributed by atoms with Gasteiger partial charge < -0.3 is 10.5 Å². The van der Waals surface area contributed by atoms with Gasteiger partial charge in [-0.1, -0.05) is 12.1 Å². The van der Waals surface area contributed by atoms with Crippen molar-refractivity contribution >= 4 is 0 Å². The van der Waals surface area contributed by atoms with Gasteiger partial charge in [-0.25, -0.2) is 4.39 Å². The maximum absolute atomic E-state index is 14.1. The van der Waals surface area contributed by atoms with Gasteiger partial charge in [-0.15, -0.1) is 0 Å². The number of ether oxygens (including phenoxy) is 1. The summed E-state index contributed by atoms with van der Waals surface area (Å²) in [4.78, 5) is 0. The minimum absolute atomic E-state index is 0.00574. The summed E-state index contributed by atoms with van der Waals surface area (Å²) in [7, 11) is 1.58. The van der Waals surface area contributed by atoms with E-state index >= 15 is 0 Å². The Morgan fingerprint density at radius 1 is 1.50 bits per heavy atom. The van der Waals surface area contributed by atoms with E-state index in [0.717, 1.165) is 0 Å². The van der Waals surface area contributed by atoms with Crippen molar-refractivity contribution in [1.82, 2.24) is 0 Å². The second-order valence-corrected chi connectivity index (χ2v) is 3.87. The monoisotopic (exact) mass is 195 g/mol. The van der Waals surface area contributed by atoms with Crippen LogP contribution in [0.25, 0.3) is 0 Å². The van der Waals surface area contributed by atoms with E-state index in [1.165, 1.54) is 0 Å². The quantitative estimate of drug-likeness (QED) is 0.783. The van der Waals surface area contributed by atoms with Crippen molar-refractivity contribution in [3.05, 3.63) is 29.8 Å². The highest BCUT2D eigenvalue weighted by Gasteiger charge is 2.44. The topological polar surface area (TPSA) is 35.2 Å². The minimum Gasteiger partial charge on any atom is -0.497 e. The number of hydrogen-bond donors (Lipinski definition) is 1. The van der Waals surface area contributed by atoms with Gasteiger partial charge in [0.1, 0.15) is 11.4 Å². The normalized spacial score (nSPS) is 30.9. The molecule has 0 unspecified atom stereocenters. The van der Waals surface area contributed by atoms with Crippen LogP contribution >= 0.6 is 0 Å². The lowest BCUT2D eigenvalue weighted by molar-refractivity contribution is 0.0403. The summed E-state index contributed by atoms with van der Waals surface area (Å²) in [6, 6.07) is 7.15. The van der Waals surface area contributed by atoms with Crippen molar-refractivity contribution < 1.29 is 9.13 Å². The fraction of sp³-hybridized carbons (Fsp3) is 0.455. The van der Waals surface area contributed by atoms with Gasteiger partial charge >= 0.3 is 0 Å². The van der Waals surface area contributed by atoms with Crippen molar-refractivity contribution in [2.45, 2.75) is 24.6 Å². The van der Waals surface area contributed by atoms with Crippen LogP contribution in [0.5, 0.6) is 5.75 Å². The van der Waals surface area contributed by atoms with Gasteiger partial charge in [0.2, 0.25) is 0 Å². The van der Waals surface area contributed by atoms with E-state index in [9.17, 15) is 4.39 Å². The first-order chi connectivity index (χ1) is 6.64. The van der Waals surface area contributed by atoms with E-state index in [2.05, 4.69) is 0 Å². The van der Waals surface area contributed by atoms with Crippen LogP contribution in [-0.4, -0.2) is 13.2 Å². The summed E-state index contributed by atoms with van der Waals surface area (Å²) in [6.45, 7) is 0. The molecule has 2 rings (SSSR count). The van der Waals surface area contributed by atoms with Crippen LogP contribution in [0, 0.1) is 0 Å². The molecule has 1 fully saturated rings. The second-order valence-electron chi connectivity index (χ2n) is 3.87. The Labute approximate surface area is 82.9 Å². The van der Waals surface area contributed by atoms with Crippen LogP contribution in [-0.2, 0) is 5.67 Å². The van der Waals surface area contributed by atoms with Gasteiger partial charge in [-0.3, -0.25) is 0 Å². The molecular formula is C11H14FNO. The van der Waals surface area contributed by atoms with Crippen LogP contribution in [0.4, 0.5) is 4.39 Å². The predicted octanol–water partition coefficient (Wildman–Crippen LogP) is 1.98.